The highest BCUT2D eigenvalue weighted by Crippen LogP contribution is 2.33. The van der Waals surface area contributed by atoms with Crippen LogP contribution < -0.4 is 0 Å². The number of hydrogen-bond acceptors (Lipinski definition) is 1. The summed E-state index contributed by atoms with van der Waals surface area (Å²) in [6.45, 7) is 11.1. The molecule has 0 radical (unpaired) electrons. The molecule has 3 unspecified atom stereocenters. The maximum Gasteiger partial charge on any atom is 0.0107 e. The van der Waals surface area contributed by atoms with Gasteiger partial charge in [0.1, 0.15) is 0 Å². The van der Waals surface area contributed by atoms with Crippen molar-refractivity contribution in [3.63, 3.8) is 0 Å². The number of hydrogen-bond donors (Lipinski definition) is 0. The maximum atomic E-state index is 4.11. The van der Waals surface area contributed by atoms with Crippen LogP contribution >= 0.6 is 11.8 Å². The van der Waals surface area contributed by atoms with E-state index in [1.165, 1.54) is 41.7 Å². The fourth-order valence-electron chi connectivity index (χ4n) is 3.41. The summed E-state index contributed by atoms with van der Waals surface area (Å²) in [5, 5.41) is 0. The Morgan fingerprint density at radius 3 is 2.77 bits per heavy atom. The summed E-state index contributed by atoms with van der Waals surface area (Å²) in [6.07, 6.45) is 9.84. The van der Waals surface area contributed by atoms with E-state index in [9.17, 15) is 0 Å². The average Bonchev–Trinajstić information content (AvgIpc) is 2.91. The molecule has 1 heteroatoms. The molecule has 0 aliphatic heterocycles. The molecule has 1 saturated carbocycles. The van der Waals surface area contributed by atoms with Crippen LogP contribution in [0.5, 0.6) is 0 Å². The minimum Gasteiger partial charge on any atom is -0.126 e. The fraction of sp³-hybridized carbons (Fsp3) is 0.524. The van der Waals surface area contributed by atoms with E-state index in [2.05, 4.69) is 63.8 Å². The van der Waals surface area contributed by atoms with Gasteiger partial charge in [-0.1, -0.05) is 63.3 Å². The third-order valence-electron chi connectivity index (χ3n) is 4.61. The molecule has 1 fully saturated rings. The maximum absolute atomic E-state index is 4.11. The molecule has 0 saturated heterocycles. The molecule has 0 aromatic heterocycles. The van der Waals surface area contributed by atoms with E-state index in [1.807, 2.05) is 11.8 Å². The number of thioether (sulfide) groups is 1. The Bertz CT molecular complexity index is 514. The molecule has 1 aliphatic carbocycles. The lowest BCUT2D eigenvalue weighted by atomic mass is 9.90. The van der Waals surface area contributed by atoms with E-state index in [4.69, 9.17) is 0 Å². The number of allylic oxidation sites excluding steroid dienone is 3. The second-order valence-electron chi connectivity index (χ2n) is 6.72. The lowest BCUT2D eigenvalue weighted by Gasteiger charge is -2.18. The van der Waals surface area contributed by atoms with E-state index in [0.29, 0.717) is 11.8 Å². The van der Waals surface area contributed by atoms with Crippen LogP contribution in [-0.4, -0.2) is 5.75 Å². The first kappa shape index (κ1) is 17.4. The normalized spacial score (nSPS) is 21.4. The second kappa shape index (κ2) is 8.62. The van der Waals surface area contributed by atoms with Crippen LogP contribution in [0.4, 0.5) is 0 Å². The first-order valence-electron chi connectivity index (χ1n) is 8.66. The summed E-state index contributed by atoms with van der Waals surface area (Å²) >= 11 is 1.96. The van der Waals surface area contributed by atoms with Gasteiger partial charge in [-0.3, -0.25) is 0 Å². The molecule has 1 aromatic rings. The van der Waals surface area contributed by atoms with Gasteiger partial charge in [0, 0.05) is 4.90 Å². The Labute approximate surface area is 141 Å². The monoisotopic (exact) mass is 314 g/mol. The van der Waals surface area contributed by atoms with Gasteiger partial charge in [-0.05, 0) is 60.8 Å². The lowest BCUT2D eigenvalue weighted by molar-refractivity contribution is 0.556. The molecule has 2 rings (SSSR count). The van der Waals surface area contributed by atoms with Crippen LogP contribution in [0.3, 0.4) is 0 Å². The predicted molar refractivity (Wildman–Crippen MR) is 101 cm³/mol. The van der Waals surface area contributed by atoms with Crippen LogP contribution in [-0.2, 0) is 0 Å². The topological polar surface area (TPSA) is 0 Å². The Kier molecular flexibility index (Phi) is 6.82. The largest absolute Gasteiger partial charge is 0.126 e. The molecule has 0 spiro atoms. The van der Waals surface area contributed by atoms with Crippen LogP contribution in [0.25, 0.3) is 0 Å². The Hall–Kier alpha value is -0.950. The third-order valence-corrected chi connectivity index (χ3v) is 5.58. The summed E-state index contributed by atoms with van der Waals surface area (Å²) < 4.78 is 0. The molecule has 1 aromatic carbocycles. The molecule has 0 heterocycles. The van der Waals surface area contributed by atoms with Gasteiger partial charge in [0.05, 0.1) is 0 Å². The quantitative estimate of drug-likeness (QED) is 0.392. The molecule has 3 atom stereocenters. The minimum atomic E-state index is 0.619. The second-order valence-corrected chi connectivity index (χ2v) is 8.03. The summed E-state index contributed by atoms with van der Waals surface area (Å²) in [5.41, 5.74) is 2.95. The van der Waals surface area contributed by atoms with Crippen LogP contribution in [0.1, 0.15) is 57.9 Å². The average molecular weight is 315 g/mol. The van der Waals surface area contributed by atoms with Gasteiger partial charge in [0.15, 0.2) is 0 Å². The lowest BCUT2D eigenvalue weighted by Crippen LogP contribution is -2.02. The van der Waals surface area contributed by atoms with Gasteiger partial charge in [-0.2, -0.15) is 0 Å². The van der Waals surface area contributed by atoms with Gasteiger partial charge >= 0.3 is 0 Å². The molecule has 0 amide bonds. The fourth-order valence-corrected chi connectivity index (χ4v) is 4.34. The van der Waals surface area contributed by atoms with Gasteiger partial charge in [0.25, 0.3) is 0 Å². The summed E-state index contributed by atoms with van der Waals surface area (Å²) in [4.78, 5) is 1.46. The zero-order chi connectivity index (χ0) is 15.9. The highest BCUT2D eigenvalue weighted by Gasteiger charge is 2.16. The predicted octanol–water partition coefficient (Wildman–Crippen LogP) is 6.84. The van der Waals surface area contributed by atoms with Crippen molar-refractivity contribution in [3.8, 4) is 0 Å². The van der Waals surface area contributed by atoms with E-state index < -0.39 is 0 Å². The van der Waals surface area contributed by atoms with Crippen molar-refractivity contribution < 1.29 is 0 Å². The molecule has 120 valence electrons. The van der Waals surface area contributed by atoms with Crippen LogP contribution in [0.15, 0.2) is 53.5 Å². The van der Waals surface area contributed by atoms with Gasteiger partial charge in [-0.25, -0.2) is 0 Å². The number of rotatable bonds is 7. The molecular formula is C21H30S. The zero-order valence-electron chi connectivity index (χ0n) is 14.3. The molecule has 0 nitrogen and oxygen atoms in total. The van der Waals surface area contributed by atoms with Crippen molar-refractivity contribution >= 4 is 11.8 Å². The van der Waals surface area contributed by atoms with Crippen molar-refractivity contribution in [1.29, 1.82) is 0 Å². The van der Waals surface area contributed by atoms with Crippen molar-refractivity contribution in [2.75, 3.05) is 5.75 Å². The smallest absolute Gasteiger partial charge is 0.0107 e. The first-order chi connectivity index (χ1) is 10.6. The Morgan fingerprint density at radius 1 is 1.32 bits per heavy atom. The van der Waals surface area contributed by atoms with Crippen LogP contribution in [0, 0.1) is 11.8 Å². The molecule has 22 heavy (non-hydrogen) atoms. The van der Waals surface area contributed by atoms with Crippen molar-refractivity contribution in [2.45, 2.75) is 57.3 Å². The first-order valence-corrected chi connectivity index (χ1v) is 9.65. The van der Waals surface area contributed by atoms with Crippen LogP contribution in [0.2, 0.25) is 0 Å². The minimum absolute atomic E-state index is 0.619. The summed E-state index contributed by atoms with van der Waals surface area (Å²) in [6, 6.07) is 8.91. The van der Waals surface area contributed by atoms with E-state index >= 15 is 0 Å². The number of benzene rings is 1. The molecule has 1 aliphatic rings. The third kappa shape index (κ3) is 5.05. The Balaban J connectivity index is 1.92. The molecule has 0 N–H and O–H groups in total. The highest BCUT2D eigenvalue weighted by molar-refractivity contribution is 7.99. The summed E-state index contributed by atoms with van der Waals surface area (Å²) in [5.74, 6) is 3.15. The molecular weight excluding hydrogens is 284 g/mol. The van der Waals surface area contributed by atoms with Gasteiger partial charge in [-0.15, -0.1) is 11.8 Å². The van der Waals surface area contributed by atoms with E-state index in [1.54, 1.807) is 0 Å². The summed E-state index contributed by atoms with van der Waals surface area (Å²) in [7, 11) is 0. The van der Waals surface area contributed by atoms with E-state index in [-0.39, 0.29) is 0 Å². The van der Waals surface area contributed by atoms with Crippen molar-refractivity contribution in [2.24, 2.45) is 11.8 Å². The molecule has 0 bridgehead atoms. The zero-order valence-corrected chi connectivity index (χ0v) is 15.2. The SMILES string of the molecule is C=C1CCC(/C=C/C(C)CC(C)c2ccccc2SCC)C1. The van der Waals surface area contributed by atoms with Crippen molar-refractivity contribution in [1.82, 2.24) is 0 Å². The van der Waals surface area contributed by atoms with Gasteiger partial charge in [0.2, 0.25) is 0 Å². The Morgan fingerprint density at radius 2 is 2.09 bits per heavy atom. The highest BCUT2D eigenvalue weighted by atomic mass is 32.2. The standard InChI is InChI=1S/C21H30S/c1-5-22-21-9-7-6-8-20(21)18(4)14-16(2)10-12-19-13-11-17(3)15-19/h6-10,12,16,18-19H,3,5,11,13-15H2,1-2,4H3/b12-10+. The van der Waals surface area contributed by atoms with Crippen molar-refractivity contribution in [3.05, 3.63) is 54.1 Å². The van der Waals surface area contributed by atoms with E-state index in [0.717, 1.165) is 11.7 Å². The van der Waals surface area contributed by atoms with Gasteiger partial charge < -0.3 is 0 Å².